The second-order valence-corrected chi connectivity index (χ2v) is 7.54. The van der Waals surface area contributed by atoms with Gasteiger partial charge in [0.25, 0.3) is 0 Å². The predicted octanol–water partition coefficient (Wildman–Crippen LogP) is 2.14. The Labute approximate surface area is 141 Å². The third kappa shape index (κ3) is 1.72. The summed E-state index contributed by atoms with van der Waals surface area (Å²) in [7, 11) is 1.42. The Morgan fingerprint density at radius 1 is 1.39 bits per heavy atom. The molecular formula is C16H16BrN3O3. The van der Waals surface area contributed by atoms with Crippen LogP contribution in [0.5, 0.6) is 0 Å². The number of hydrogen-bond donors (Lipinski definition) is 1. The summed E-state index contributed by atoms with van der Waals surface area (Å²) in [6.07, 6.45) is 0.893. The highest BCUT2D eigenvalue weighted by molar-refractivity contribution is 9.10. The molecule has 7 heteroatoms. The van der Waals surface area contributed by atoms with Gasteiger partial charge in [0.05, 0.1) is 30.8 Å². The number of benzene rings is 1. The first kappa shape index (κ1) is 13.8. The zero-order valence-corrected chi connectivity index (χ0v) is 14.1. The highest BCUT2D eigenvalue weighted by Crippen LogP contribution is 2.57. The Bertz CT molecular complexity index is 707. The molecule has 4 aliphatic rings. The van der Waals surface area contributed by atoms with E-state index in [4.69, 9.17) is 9.57 Å². The zero-order valence-electron chi connectivity index (χ0n) is 12.5. The Morgan fingerprint density at radius 3 is 2.91 bits per heavy atom. The number of ether oxygens (including phenoxy) is 1. The fourth-order valence-electron chi connectivity index (χ4n) is 4.84. The number of amides is 1. The van der Waals surface area contributed by atoms with Gasteiger partial charge in [-0.05, 0) is 30.0 Å². The number of oxime groups is 1. The third-order valence-electron chi connectivity index (χ3n) is 5.74. The molecule has 2 aliphatic heterocycles. The lowest BCUT2D eigenvalue weighted by Crippen LogP contribution is -2.75. The number of hydrogen-bond acceptors (Lipinski definition) is 5. The Morgan fingerprint density at radius 2 is 2.17 bits per heavy atom. The molecule has 2 unspecified atom stereocenters. The van der Waals surface area contributed by atoms with Crippen molar-refractivity contribution in [2.24, 2.45) is 22.9 Å². The van der Waals surface area contributed by atoms with Crippen molar-refractivity contribution in [3.8, 4) is 0 Å². The quantitative estimate of drug-likeness (QED) is 0.814. The fraction of sp³-hybridized carbons (Fsp3) is 0.500. The highest BCUT2D eigenvalue weighted by Gasteiger charge is 2.69. The Kier molecular flexibility index (Phi) is 2.82. The van der Waals surface area contributed by atoms with Crippen molar-refractivity contribution in [3.63, 3.8) is 0 Å². The lowest BCUT2D eigenvalue weighted by Gasteiger charge is -2.52. The van der Waals surface area contributed by atoms with Gasteiger partial charge in [0.15, 0.2) is 0 Å². The maximum absolute atomic E-state index is 11.9. The van der Waals surface area contributed by atoms with E-state index < -0.39 is 0 Å². The first-order valence-electron chi connectivity index (χ1n) is 7.82. The molecule has 2 saturated carbocycles. The van der Waals surface area contributed by atoms with E-state index >= 15 is 0 Å². The first-order valence-corrected chi connectivity index (χ1v) is 8.61. The number of nitrogens with one attached hydrogen (secondary N) is 1. The predicted molar refractivity (Wildman–Crippen MR) is 85.6 cm³/mol. The topological polar surface area (TPSA) is 63.2 Å². The number of fused-ring (bicyclic) bond motifs is 8. The van der Waals surface area contributed by atoms with Crippen LogP contribution in [-0.2, 0) is 9.57 Å². The summed E-state index contributed by atoms with van der Waals surface area (Å²) in [6.45, 7) is 0. The van der Waals surface area contributed by atoms with Gasteiger partial charge in [-0.2, -0.15) is 0 Å². The van der Waals surface area contributed by atoms with Gasteiger partial charge in [-0.1, -0.05) is 33.2 Å². The maximum atomic E-state index is 11.9. The lowest BCUT2D eigenvalue weighted by molar-refractivity contribution is -0.0925. The average Bonchev–Trinajstić information content (AvgIpc) is 3.16. The number of nitrogens with zero attached hydrogens (tertiary/aromatic N) is 2. The molecule has 1 saturated heterocycles. The van der Waals surface area contributed by atoms with Crippen LogP contribution in [0.4, 0.5) is 4.79 Å². The van der Waals surface area contributed by atoms with Crippen LogP contribution in [-0.4, -0.2) is 42.1 Å². The van der Waals surface area contributed by atoms with Gasteiger partial charge in [0.1, 0.15) is 6.10 Å². The molecule has 0 spiro atoms. The van der Waals surface area contributed by atoms with Gasteiger partial charge < -0.3 is 9.57 Å². The van der Waals surface area contributed by atoms with Crippen molar-refractivity contribution in [2.45, 2.75) is 24.6 Å². The van der Waals surface area contributed by atoms with Crippen molar-refractivity contribution in [3.05, 3.63) is 34.3 Å². The van der Waals surface area contributed by atoms with Crippen LogP contribution in [0.2, 0.25) is 0 Å². The third-order valence-corrected chi connectivity index (χ3v) is 6.26. The molecule has 1 aromatic rings. The molecule has 2 heterocycles. The number of hydrazine groups is 1. The van der Waals surface area contributed by atoms with Gasteiger partial charge in [0.2, 0.25) is 0 Å². The fourth-order valence-corrected chi connectivity index (χ4v) is 5.10. The van der Waals surface area contributed by atoms with Crippen LogP contribution in [0.25, 0.3) is 0 Å². The van der Waals surface area contributed by atoms with E-state index in [0.717, 1.165) is 22.2 Å². The SMILES string of the molecule is COC(=O)N1N[C@H]2[C@@H]1[C@H]1C[C@@H]2C2ON=C(c3ccc(Br)cc3)C21. The normalized spacial score (nSPS) is 39.2. The summed E-state index contributed by atoms with van der Waals surface area (Å²) in [6, 6.07) is 8.67. The molecule has 0 aromatic heterocycles. The van der Waals surface area contributed by atoms with Crippen LogP contribution < -0.4 is 5.43 Å². The molecule has 3 fully saturated rings. The van der Waals surface area contributed by atoms with Crippen LogP contribution in [0.3, 0.4) is 0 Å². The number of methoxy groups -OCH3 is 1. The molecule has 6 nitrogen and oxygen atoms in total. The summed E-state index contributed by atoms with van der Waals surface area (Å²) < 4.78 is 5.91. The van der Waals surface area contributed by atoms with Crippen molar-refractivity contribution < 1.29 is 14.4 Å². The minimum absolute atomic E-state index is 0.132. The van der Waals surface area contributed by atoms with E-state index in [0.29, 0.717) is 17.9 Å². The molecule has 1 N–H and O–H groups in total. The molecule has 5 rings (SSSR count). The summed E-state index contributed by atoms with van der Waals surface area (Å²) in [5.74, 6) is 1.05. The Hall–Kier alpha value is -1.60. The van der Waals surface area contributed by atoms with E-state index in [1.807, 2.05) is 12.1 Å². The number of halogens is 1. The Balaban J connectivity index is 1.45. The molecule has 1 amide bonds. The smallest absolute Gasteiger partial charge is 0.424 e. The summed E-state index contributed by atoms with van der Waals surface area (Å²) in [5, 5.41) is 6.03. The lowest BCUT2D eigenvalue weighted by atomic mass is 9.74. The highest BCUT2D eigenvalue weighted by atomic mass is 79.9. The molecule has 2 aliphatic carbocycles. The minimum Gasteiger partial charge on any atom is -0.452 e. The molecule has 2 bridgehead atoms. The molecule has 1 aromatic carbocycles. The van der Waals surface area contributed by atoms with Crippen molar-refractivity contribution in [1.29, 1.82) is 0 Å². The van der Waals surface area contributed by atoms with Crippen molar-refractivity contribution in [2.75, 3.05) is 7.11 Å². The summed E-state index contributed by atoms with van der Waals surface area (Å²) in [5.41, 5.74) is 5.34. The van der Waals surface area contributed by atoms with E-state index in [9.17, 15) is 4.79 Å². The second kappa shape index (κ2) is 4.70. The van der Waals surface area contributed by atoms with Gasteiger partial charge in [-0.25, -0.2) is 15.2 Å². The van der Waals surface area contributed by atoms with Crippen LogP contribution in [0.15, 0.2) is 33.9 Å². The second-order valence-electron chi connectivity index (χ2n) is 6.63. The average molecular weight is 378 g/mol. The monoisotopic (exact) mass is 377 g/mol. The molecular weight excluding hydrogens is 362 g/mol. The van der Waals surface area contributed by atoms with Crippen LogP contribution >= 0.6 is 15.9 Å². The first-order chi connectivity index (χ1) is 11.2. The van der Waals surface area contributed by atoms with E-state index in [-0.39, 0.29) is 24.2 Å². The molecule has 6 atom stereocenters. The number of carbonyl (C=O) groups is 1. The number of carbonyl (C=O) groups excluding carboxylic acids is 1. The van der Waals surface area contributed by atoms with Crippen LogP contribution in [0, 0.1) is 17.8 Å². The van der Waals surface area contributed by atoms with E-state index in [2.05, 4.69) is 38.6 Å². The van der Waals surface area contributed by atoms with E-state index in [1.165, 1.54) is 7.11 Å². The van der Waals surface area contributed by atoms with Gasteiger partial charge in [-0.15, -0.1) is 0 Å². The van der Waals surface area contributed by atoms with Gasteiger partial charge in [-0.3, -0.25) is 0 Å². The minimum atomic E-state index is -0.309. The van der Waals surface area contributed by atoms with Crippen LogP contribution in [0.1, 0.15) is 12.0 Å². The zero-order chi connectivity index (χ0) is 15.7. The summed E-state index contributed by atoms with van der Waals surface area (Å²) in [4.78, 5) is 17.7. The van der Waals surface area contributed by atoms with Gasteiger partial charge >= 0.3 is 6.09 Å². The number of rotatable bonds is 1. The summed E-state index contributed by atoms with van der Waals surface area (Å²) >= 11 is 3.46. The molecule has 23 heavy (non-hydrogen) atoms. The van der Waals surface area contributed by atoms with Gasteiger partial charge in [0, 0.05) is 10.4 Å². The van der Waals surface area contributed by atoms with E-state index in [1.54, 1.807) is 5.01 Å². The molecule has 120 valence electrons. The largest absolute Gasteiger partial charge is 0.452 e. The standard InChI is InChI=1S/C16H16BrN3O3/c1-22-16(21)20-14-9-6-10(13(14)18-20)15-11(9)12(19-23-15)7-2-4-8(17)5-3-7/h2-5,9-11,13-15,18H,6H2,1H3/t9-,10-,11?,13+,14-,15?/m0/s1. The maximum Gasteiger partial charge on any atom is 0.424 e. The van der Waals surface area contributed by atoms with Crippen molar-refractivity contribution >= 4 is 27.7 Å². The van der Waals surface area contributed by atoms with Crippen molar-refractivity contribution in [1.82, 2.24) is 10.4 Å². The molecule has 0 radical (unpaired) electrons.